The third kappa shape index (κ3) is 2.80. The lowest BCUT2D eigenvalue weighted by molar-refractivity contribution is -0.150. The summed E-state index contributed by atoms with van der Waals surface area (Å²) < 4.78 is 0.867. The Morgan fingerprint density at radius 2 is 2.30 bits per heavy atom. The molecule has 0 amide bonds. The highest BCUT2D eigenvalue weighted by Crippen LogP contribution is 2.38. The van der Waals surface area contributed by atoms with E-state index in [1.54, 1.807) is 19.1 Å². The van der Waals surface area contributed by atoms with Gasteiger partial charge in [-0.15, -0.1) is 0 Å². The van der Waals surface area contributed by atoms with Crippen LogP contribution in [0.1, 0.15) is 38.2 Å². The van der Waals surface area contributed by atoms with Crippen LogP contribution in [0.2, 0.25) is 0 Å². The quantitative estimate of drug-likeness (QED) is 0.881. The molecule has 0 spiro atoms. The molecule has 2 unspecified atom stereocenters. The fraction of sp³-hybridized carbons (Fsp3) is 0.467. The van der Waals surface area contributed by atoms with Crippen molar-refractivity contribution in [2.24, 2.45) is 5.41 Å². The van der Waals surface area contributed by atoms with Crippen molar-refractivity contribution in [3.05, 3.63) is 28.2 Å². The number of nitrogens with one attached hydrogen (secondary N) is 1. The number of anilines is 1. The summed E-state index contributed by atoms with van der Waals surface area (Å²) >= 11 is 3.38. The van der Waals surface area contributed by atoms with E-state index < -0.39 is 11.4 Å². The minimum Gasteiger partial charge on any atom is -0.481 e. The lowest BCUT2D eigenvalue weighted by Gasteiger charge is -2.39. The van der Waals surface area contributed by atoms with Gasteiger partial charge in [0.05, 0.1) is 16.7 Å². The van der Waals surface area contributed by atoms with Gasteiger partial charge in [-0.2, -0.15) is 5.26 Å². The Balaban J connectivity index is 2.30. The molecule has 0 saturated heterocycles. The van der Waals surface area contributed by atoms with E-state index in [0.717, 1.165) is 23.7 Å². The summed E-state index contributed by atoms with van der Waals surface area (Å²) in [5.41, 5.74) is 0.445. The molecule has 20 heavy (non-hydrogen) atoms. The zero-order valence-corrected chi connectivity index (χ0v) is 12.9. The minimum atomic E-state index is -0.784. The van der Waals surface area contributed by atoms with Gasteiger partial charge in [-0.05, 0) is 38.0 Å². The second-order valence-corrected chi connectivity index (χ2v) is 6.38. The molecule has 2 atom stereocenters. The Hall–Kier alpha value is -1.54. The predicted molar refractivity (Wildman–Crippen MR) is 80.5 cm³/mol. The SMILES string of the molecule is CC1(C(=O)O)CCCCC1Nc1cc(Br)ccc1C#N. The number of aliphatic carboxylic acids is 1. The van der Waals surface area contributed by atoms with Gasteiger partial charge in [0.15, 0.2) is 0 Å². The number of halogens is 1. The van der Waals surface area contributed by atoms with Crippen LogP contribution in [0.5, 0.6) is 0 Å². The number of nitriles is 1. The Morgan fingerprint density at radius 3 is 2.95 bits per heavy atom. The van der Waals surface area contributed by atoms with Gasteiger partial charge in [-0.1, -0.05) is 28.8 Å². The molecular formula is C15H17BrN2O2. The Morgan fingerprint density at radius 1 is 1.55 bits per heavy atom. The molecule has 1 fully saturated rings. The maximum absolute atomic E-state index is 11.6. The van der Waals surface area contributed by atoms with E-state index in [1.807, 2.05) is 6.07 Å². The first-order valence-corrected chi connectivity index (χ1v) is 7.46. The van der Waals surface area contributed by atoms with Crippen molar-refractivity contribution < 1.29 is 9.90 Å². The summed E-state index contributed by atoms with van der Waals surface area (Å²) in [5, 5.41) is 21.9. The van der Waals surface area contributed by atoms with Gasteiger partial charge in [-0.25, -0.2) is 0 Å². The minimum absolute atomic E-state index is 0.157. The van der Waals surface area contributed by atoms with Gasteiger partial charge in [0.2, 0.25) is 0 Å². The second-order valence-electron chi connectivity index (χ2n) is 5.47. The Kier molecular flexibility index (Phi) is 4.34. The van der Waals surface area contributed by atoms with Crippen molar-refractivity contribution in [2.75, 3.05) is 5.32 Å². The first-order valence-electron chi connectivity index (χ1n) is 6.67. The molecule has 0 radical (unpaired) electrons. The van der Waals surface area contributed by atoms with Gasteiger partial charge >= 0.3 is 5.97 Å². The molecule has 5 heteroatoms. The smallest absolute Gasteiger partial charge is 0.311 e. The molecule has 106 valence electrons. The summed E-state index contributed by atoms with van der Waals surface area (Å²) in [6.45, 7) is 1.79. The highest BCUT2D eigenvalue weighted by molar-refractivity contribution is 9.10. The van der Waals surface area contributed by atoms with Gasteiger partial charge in [0.25, 0.3) is 0 Å². The second kappa shape index (κ2) is 5.84. The normalized spacial score (nSPS) is 25.8. The molecule has 2 rings (SSSR count). The molecule has 1 aliphatic carbocycles. The topological polar surface area (TPSA) is 73.1 Å². The Bertz CT molecular complexity index is 567. The summed E-state index contributed by atoms with van der Waals surface area (Å²) in [4.78, 5) is 11.6. The predicted octanol–water partition coefficient (Wildman–Crippen LogP) is 3.77. The van der Waals surface area contributed by atoms with Crippen LogP contribution in [0.3, 0.4) is 0 Å². The number of carbonyl (C=O) groups is 1. The zero-order chi connectivity index (χ0) is 14.8. The number of carboxylic acid groups (broad SMARTS) is 1. The van der Waals surface area contributed by atoms with Gasteiger partial charge < -0.3 is 10.4 Å². The molecule has 0 aromatic heterocycles. The maximum atomic E-state index is 11.6. The fourth-order valence-electron chi connectivity index (χ4n) is 2.74. The number of hydrogen-bond donors (Lipinski definition) is 2. The van der Waals surface area contributed by atoms with Crippen LogP contribution in [-0.4, -0.2) is 17.1 Å². The van der Waals surface area contributed by atoms with Gasteiger partial charge in [-0.3, -0.25) is 4.79 Å². The first-order chi connectivity index (χ1) is 9.47. The molecular weight excluding hydrogens is 320 g/mol. The highest BCUT2D eigenvalue weighted by Gasteiger charge is 2.43. The molecule has 0 heterocycles. The van der Waals surface area contributed by atoms with E-state index in [2.05, 4.69) is 27.3 Å². The van der Waals surface area contributed by atoms with Crippen LogP contribution >= 0.6 is 15.9 Å². The molecule has 1 saturated carbocycles. The zero-order valence-electron chi connectivity index (χ0n) is 11.3. The van der Waals surface area contributed by atoms with Crippen LogP contribution in [0.4, 0.5) is 5.69 Å². The van der Waals surface area contributed by atoms with Crippen molar-refractivity contribution in [3.63, 3.8) is 0 Å². The molecule has 2 N–H and O–H groups in total. The fourth-order valence-corrected chi connectivity index (χ4v) is 3.10. The molecule has 0 aliphatic heterocycles. The van der Waals surface area contributed by atoms with E-state index in [9.17, 15) is 9.90 Å². The monoisotopic (exact) mass is 336 g/mol. The maximum Gasteiger partial charge on any atom is 0.311 e. The summed E-state index contributed by atoms with van der Waals surface area (Å²) in [6, 6.07) is 7.35. The third-order valence-corrected chi connectivity index (χ3v) is 4.62. The lowest BCUT2D eigenvalue weighted by Crippen LogP contribution is -2.46. The number of hydrogen-bond acceptors (Lipinski definition) is 3. The van der Waals surface area contributed by atoms with Crippen molar-refractivity contribution in [1.29, 1.82) is 5.26 Å². The average Bonchev–Trinajstić information content (AvgIpc) is 2.41. The average molecular weight is 337 g/mol. The van der Waals surface area contributed by atoms with E-state index in [1.165, 1.54) is 0 Å². The van der Waals surface area contributed by atoms with E-state index in [-0.39, 0.29) is 6.04 Å². The van der Waals surface area contributed by atoms with Crippen molar-refractivity contribution in [3.8, 4) is 6.07 Å². The van der Waals surface area contributed by atoms with Crippen LogP contribution in [0, 0.1) is 16.7 Å². The molecule has 1 aliphatic rings. The van der Waals surface area contributed by atoms with Crippen molar-refractivity contribution in [1.82, 2.24) is 0 Å². The first kappa shape index (κ1) is 14.9. The van der Waals surface area contributed by atoms with Crippen LogP contribution in [-0.2, 0) is 4.79 Å². The largest absolute Gasteiger partial charge is 0.481 e. The summed E-state index contributed by atoms with van der Waals surface area (Å²) in [5.74, 6) is -0.775. The summed E-state index contributed by atoms with van der Waals surface area (Å²) in [7, 11) is 0. The third-order valence-electron chi connectivity index (χ3n) is 4.13. The molecule has 1 aromatic carbocycles. The molecule has 1 aromatic rings. The van der Waals surface area contributed by atoms with E-state index >= 15 is 0 Å². The van der Waals surface area contributed by atoms with Gasteiger partial charge in [0, 0.05) is 10.5 Å². The van der Waals surface area contributed by atoms with Crippen molar-refractivity contribution >= 4 is 27.6 Å². The summed E-state index contributed by atoms with van der Waals surface area (Å²) in [6.07, 6.45) is 3.41. The number of carboxylic acids is 1. The molecule has 4 nitrogen and oxygen atoms in total. The standard InChI is InChI=1S/C15H17BrN2O2/c1-15(14(19)20)7-3-2-4-13(15)18-12-8-11(16)6-5-10(12)9-17/h5-6,8,13,18H,2-4,7H2,1H3,(H,19,20). The molecule has 0 bridgehead atoms. The van der Waals surface area contributed by atoms with Crippen LogP contribution in [0.15, 0.2) is 22.7 Å². The van der Waals surface area contributed by atoms with E-state index in [0.29, 0.717) is 17.7 Å². The van der Waals surface area contributed by atoms with Crippen LogP contribution in [0.25, 0.3) is 0 Å². The van der Waals surface area contributed by atoms with E-state index in [4.69, 9.17) is 5.26 Å². The number of benzene rings is 1. The number of rotatable bonds is 3. The van der Waals surface area contributed by atoms with Gasteiger partial charge in [0.1, 0.15) is 6.07 Å². The van der Waals surface area contributed by atoms with Crippen LogP contribution < -0.4 is 5.32 Å². The highest BCUT2D eigenvalue weighted by atomic mass is 79.9. The van der Waals surface area contributed by atoms with Crippen molar-refractivity contribution in [2.45, 2.75) is 38.6 Å². The Labute approximate surface area is 126 Å². The number of nitrogens with zero attached hydrogens (tertiary/aromatic N) is 1. The lowest BCUT2D eigenvalue weighted by atomic mass is 9.71.